The first-order chi connectivity index (χ1) is 11.8. The SMILES string of the molecule is CCCCC(CN)NS(=O)(=O)c1cccc(S(=O)(=O)N2CCCC2)c1.Cl. The van der Waals surface area contributed by atoms with Gasteiger partial charge in [-0.2, -0.15) is 4.31 Å². The highest BCUT2D eigenvalue weighted by atomic mass is 35.5. The van der Waals surface area contributed by atoms with Crippen molar-refractivity contribution in [3.63, 3.8) is 0 Å². The first-order valence-electron chi connectivity index (χ1n) is 8.64. The van der Waals surface area contributed by atoms with Gasteiger partial charge in [0.05, 0.1) is 9.79 Å². The topological polar surface area (TPSA) is 110 Å². The molecule has 1 atom stereocenters. The molecule has 7 nitrogen and oxygen atoms in total. The normalized spacial score (nSPS) is 17.0. The highest BCUT2D eigenvalue weighted by Crippen LogP contribution is 2.23. The van der Waals surface area contributed by atoms with Gasteiger partial charge in [0.1, 0.15) is 0 Å². The molecule has 1 aromatic carbocycles. The standard InChI is InChI=1S/C16H27N3O4S2.ClH/c1-2-3-7-14(13-17)18-24(20,21)15-8-6-9-16(12-15)25(22,23)19-10-4-5-11-19;/h6,8-9,12,14,18H,2-5,7,10-11,13,17H2,1H3;1H. The first-order valence-corrected chi connectivity index (χ1v) is 11.6. The van der Waals surface area contributed by atoms with Gasteiger partial charge in [-0.1, -0.05) is 25.8 Å². The van der Waals surface area contributed by atoms with E-state index in [1.807, 2.05) is 6.92 Å². The number of nitrogens with one attached hydrogen (secondary N) is 1. The number of nitrogens with two attached hydrogens (primary N) is 1. The van der Waals surface area contributed by atoms with Crippen LogP contribution < -0.4 is 10.5 Å². The predicted molar refractivity (Wildman–Crippen MR) is 104 cm³/mol. The summed E-state index contributed by atoms with van der Waals surface area (Å²) in [5.74, 6) is 0. The molecule has 10 heteroatoms. The van der Waals surface area contributed by atoms with Gasteiger partial charge in [-0.25, -0.2) is 21.6 Å². The van der Waals surface area contributed by atoms with Crippen molar-refractivity contribution in [2.75, 3.05) is 19.6 Å². The van der Waals surface area contributed by atoms with Crippen molar-refractivity contribution < 1.29 is 16.8 Å². The molecule has 0 saturated carbocycles. The molecule has 0 aromatic heterocycles. The summed E-state index contributed by atoms with van der Waals surface area (Å²) in [4.78, 5) is -0.0437. The molecule has 1 unspecified atom stereocenters. The fourth-order valence-corrected chi connectivity index (χ4v) is 5.81. The molecule has 1 saturated heterocycles. The lowest BCUT2D eigenvalue weighted by Crippen LogP contribution is -2.40. The van der Waals surface area contributed by atoms with Crippen LogP contribution in [0.1, 0.15) is 39.0 Å². The largest absolute Gasteiger partial charge is 0.329 e. The van der Waals surface area contributed by atoms with Crippen molar-refractivity contribution in [3.05, 3.63) is 24.3 Å². The van der Waals surface area contributed by atoms with Gasteiger partial charge in [0.15, 0.2) is 0 Å². The summed E-state index contributed by atoms with van der Waals surface area (Å²) in [5, 5.41) is 0. The van der Waals surface area contributed by atoms with E-state index in [-0.39, 0.29) is 34.8 Å². The molecule has 0 radical (unpaired) electrons. The van der Waals surface area contributed by atoms with E-state index in [9.17, 15) is 16.8 Å². The number of unbranched alkanes of at least 4 members (excludes halogenated alkanes) is 1. The minimum absolute atomic E-state index is 0. The maximum absolute atomic E-state index is 12.6. The predicted octanol–water partition coefficient (Wildman–Crippen LogP) is 1.69. The zero-order valence-electron chi connectivity index (χ0n) is 14.9. The number of nitrogens with zero attached hydrogens (tertiary/aromatic N) is 1. The van der Waals surface area contributed by atoms with E-state index in [4.69, 9.17) is 5.73 Å². The quantitative estimate of drug-likeness (QED) is 0.625. The molecule has 1 heterocycles. The fraction of sp³-hybridized carbons (Fsp3) is 0.625. The Balaban J connectivity index is 0.00000338. The second-order valence-electron chi connectivity index (χ2n) is 6.28. The van der Waals surface area contributed by atoms with Gasteiger partial charge < -0.3 is 5.73 Å². The van der Waals surface area contributed by atoms with Crippen molar-refractivity contribution in [1.82, 2.24) is 9.03 Å². The van der Waals surface area contributed by atoms with Crippen LogP contribution in [0.3, 0.4) is 0 Å². The van der Waals surface area contributed by atoms with E-state index in [1.54, 1.807) is 0 Å². The second kappa shape index (κ2) is 10.0. The Morgan fingerprint density at radius 2 is 1.77 bits per heavy atom. The van der Waals surface area contributed by atoms with Gasteiger partial charge in [-0.15, -0.1) is 12.4 Å². The van der Waals surface area contributed by atoms with Crippen LogP contribution in [0.15, 0.2) is 34.1 Å². The smallest absolute Gasteiger partial charge is 0.243 e. The number of sulfonamides is 2. The fourth-order valence-electron chi connectivity index (χ4n) is 2.84. The van der Waals surface area contributed by atoms with Crippen LogP contribution in [0.25, 0.3) is 0 Å². The van der Waals surface area contributed by atoms with E-state index in [1.165, 1.54) is 28.6 Å². The summed E-state index contributed by atoms with van der Waals surface area (Å²) in [7, 11) is -7.47. The first kappa shape index (κ1) is 23.3. The molecule has 26 heavy (non-hydrogen) atoms. The van der Waals surface area contributed by atoms with Crippen LogP contribution in [0, 0.1) is 0 Å². The van der Waals surface area contributed by atoms with Gasteiger partial charge >= 0.3 is 0 Å². The Morgan fingerprint density at radius 1 is 1.15 bits per heavy atom. The molecule has 3 N–H and O–H groups in total. The lowest BCUT2D eigenvalue weighted by molar-refractivity contribution is 0.477. The van der Waals surface area contributed by atoms with Gasteiger partial charge in [-0.05, 0) is 37.5 Å². The van der Waals surface area contributed by atoms with Gasteiger partial charge in [0, 0.05) is 25.7 Å². The lowest BCUT2D eigenvalue weighted by atomic mass is 10.1. The zero-order chi connectivity index (χ0) is 18.5. The number of halogens is 1. The molecule has 1 fully saturated rings. The summed E-state index contributed by atoms with van der Waals surface area (Å²) in [6.07, 6.45) is 4.12. The van der Waals surface area contributed by atoms with Crippen LogP contribution in [-0.2, 0) is 20.0 Å². The minimum atomic E-state index is -3.82. The van der Waals surface area contributed by atoms with Gasteiger partial charge in [0.2, 0.25) is 20.0 Å². The third-order valence-corrected chi connectivity index (χ3v) is 7.74. The van der Waals surface area contributed by atoms with E-state index in [2.05, 4.69) is 4.72 Å². The van der Waals surface area contributed by atoms with Crippen LogP contribution in [0.4, 0.5) is 0 Å². The Morgan fingerprint density at radius 3 is 2.35 bits per heavy atom. The van der Waals surface area contributed by atoms with Gasteiger partial charge in [0.25, 0.3) is 0 Å². The van der Waals surface area contributed by atoms with Crippen molar-refractivity contribution in [2.24, 2.45) is 5.73 Å². The summed E-state index contributed by atoms with van der Waals surface area (Å²) >= 11 is 0. The van der Waals surface area contributed by atoms with Gasteiger partial charge in [-0.3, -0.25) is 0 Å². The lowest BCUT2D eigenvalue weighted by Gasteiger charge is -2.18. The number of benzene rings is 1. The molecule has 150 valence electrons. The molecule has 0 aliphatic carbocycles. The molecule has 0 amide bonds. The minimum Gasteiger partial charge on any atom is -0.329 e. The monoisotopic (exact) mass is 425 g/mol. The number of hydrogen-bond donors (Lipinski definition) is 2. The van der Waals surface area contributed by atoms with Crippen LogP contribution >= 0.6 is 12.4 Å². The molecular formula is C16H28ClN3O4S2. The molecule has 1 aliphatic heterocycles. The number of hydrogen-bond acceptors (Lipinski definition) is 5. The average molecular weight is 426 g/mol. The van der Waals surface area contributed by atoms with Crippen LogP contribution in [-0.4, -0.2) is 46.8 Å². The third-order valence-electron chi connectivity index (χ3n) is 4.33. The Labute approximate surface area is 162 Å². The number of rotatable bonds is 9. The Bertz CT molecular complexity index is 778. The summed E-state index contributed by atoms with van der Waals surface area (Å²) in [6.45, 7) is 3.17. The van der Waals surface area contributed by atoms with E-state index in [0.29, 0.717) is 19.5 Å². The Hall–Kier alpha value is -0.710. The zero-order valence-corrected chi connectivity index (χ0v) is 17.4. The maximum Gasteiger partial charge on any atom is 0.243 e. The summed E-state index contributed by atoms with van der Waals surface area (Å²) < 4.78 is 54.4. The van der Waals surface area contributed by atoms with Crippen LogP contribution in [0.5, 0.6) is 0 Å². The van der Waals surface area contributed by atoms with Crippen LogP contribution in [0.2, 0.25) is 0 Å². The molecule has 0 bridgehead atoms. The maximum atomic E-state index is 12.6. The van der Waals surface area contributed by atoms with E-state index >= 15 is 0 Å². The molecule has 0 spiro atoms. The summed E-state index contributed by atoms with van der Waals surface area (Å²) in [5.41, 5.74) is 5.65. The van der Waals surface area contributed by atoms with Crippen molar-refractivity contribution in [1.29, 1.82) is 0 Å². The molecular weight excluding hydrogens is 398 g/mol. The second-order valence-corrected chi connectivity index (χ2v) is 9.93. The third kappa shape index (κ3) is 5.64. The average Bonchev–Trinajstić information content (AvgIpc) is 3.14. The molecule has 2 rings (SSSR count). The molecule has 1 aromatic rings. The summed E-state index contributed by atoms with van der Waals surface area (Å²) in [6, 6.07) is 5.16. The highest BCUT2D eigenvalue weighted by Gasteiger charge is 2.28. The van der Waals surface area contributed by atoms with E-state index < -0.39 is 20.0 Å². The van der Waals surface area contributed by atoms with Crippen molar-refractivity contribution in [3.8, 4) is 0 Å². The molecule has 1 aliphatic rings. The van der Waals surface area contributed by atoms with E-state index in [0.717, 1.165) is 25.7 Å². The van der Waals surface area contributed by atoms with Crippen molar-refractivity contribution >= 4 is 32.5 Å². The highest BCUT2D eigenvalue weighted by molar-refractivity contribution is 7.90. The Kier molecular flexibility index (Phi) is 8.98. The van der Waals surface area contributed by atoms with Crippen molar-refractivity contribution in [2.45, 2.75) is 54.9 Å².